The van der Waals surface area contributed by atoms with E-state index in [9.17, 15) is 9.59 Å². The molecule has 5 heteroatoms. The number of likely N-dealkylation sites (tertiary alicyclic amines) is 1. The summed E-state index contributed by atoms with van der Waals surface area (Å²) in [5.74, 6) is -0.143. The number of rotatable bonds is 5. The van der Waals surface area contributed by atoms with E-state index in [1.165, 1.54) is 18.2 Å². The fraction of sp³-hybridized carbons (Fsp3) is 0.556. The van der Waals surface area contributed by atoms with Gasteiger partial charge in [0.15, 0.2) is 0 Å². The lowest BCUT2D eigenvalue weighted by Crippen LogP contribution is -2.46. The van der Waals surface area contributed by atoms with Gasteiger partial charge in [-0.2, -0.15) is 0 Å². The summed E-state index contributed by atoms with van der Waals surface area (Å²) in [5, 5.41) is 3.02. The number of carbonyl (C=O) groups excluding carboxylic acids is 2. The fourth-order valence-electron chi connectivity index (χ4n) is 2.95. The van der Waals surface area contributed by atoms with Crippen molar-refractivity contribution in [2.75, 3.05) is 26.8 Å². The molecule has 0 bridgehead atoms. The number of hydrogen-bond donors (Lipinski definition) is 1. The van der Waals surface area contributed by atoms with Crippen LogP contribution in [0.25, 0.3) is 0 Å². The van der Waals surface area contributed by atoms with E-state index >= 15 is 0 Å². The van der Waals surface area contributed by atoms with E-state index in [1.54, 1.807) is 4.90 Å². The Morgan fingerprint density at radius 3 is 2.87 bits per heavy atom. The van der Waals surface area contributed by atoms with Crippen LogP contribution in [0.4, 0.5) is 0 Å². The number of nitrogens with one attached hydrogen (secondary N) is 1. The van der Waals surface area contributed by atoms with Crippen molar-refractivity contribution in [3.05, 3.63) is 34.9 Å². The first-order valence-corrected chi connectivity index (χ1v) is 8.12. The molecule has 0 radical (unpaired) electrons. The van der Waals surface area contributed by atoms with Crippen molar-refractivity contribution in [3.8, 4) is 0 Å². The minimum Gasteiger partial charge on any atom is -0.375 e. The molecule has 1 fully saturated rings. The van der Waals surface area contributed by atoms with Gasteiger partial charge in [0.05, 0.1) is 5.92 Å². The molecule has 2 amide bonds. The van der Waals surface area contributed by atoms with Gasteiger partial charge >= 0.3 is 0 Å². The van der Waals surface area contributed by atoms with Gasteiger partial charge in [-0.15, -0.1) is 0 Å². The summed E-state index contributed by atoms with van der Waals surface area (Å²) in [6.07, 6.45) is 1.69. The molecule has 1 aliphatic rings. The Bertz CT molecular complexity index is 571. The van der Waals surface area contributed by atoms with Crippen molar-refractivity contribution < 1.29 is 14.3 Å². The van der Waals surface area contributed by atoms with Crippen LogP contribution in [-0.2, 0) is 20.9 Å². The lowest BCUT2D eigenvalue weighted by molar-refractivity contribution is -0.139. The van der Waals surface area contributed by atoms with Crippen LogP contribution in [-0.4, -0.2) is 43.5 Å². The molecule has 0 spiro atoms. The third-order valence-electron chi connectivity index (χ3n) is 4.37. The van der Waals surface area contributed by atoms with E-state index in [0.717, 1.165) is 18.4 Å². The van der Waals surface area contributed by atoms with Crippen molar-refractivity contribution >= 4 is 11.8 Å². The number of hydrogen-bond acceptors (Lipinski definition) is 3. The standard InChI is InChI=1S/C18H26N2O3/c1-13-6-7-14(2)16(9-13)10-19-18(22)15-5-4-8-20(11-15)17(21)12-23-3/h6-7,9,15H,4-5,8,10-12H2,1-3H3,(H,19,22). The van der Waals surface area contributed by atoms with Crippen molar-refractivity contribution in [2.45, 2.75) is 33.2 Å². The first-order chi connectivity index (χ1) is 11.0. The number of ether oxygens (including phenoxy) is 1. The number of aryl methyl sites for hydroxylation is 2. The maximum Gasteiger partial charge on any atom is 0.248 e. The summed E-state index contributed by atoms with van der Waals surface area (Å²) in [4.78, 5) is 26.0. The van der Waals surface area contributed by atoms with Crippen LogP contribution in [0.3, 0.4) is 0 Å². The van der Waals surface area contributed by atoms with Crippen LogP contribution < -0.4 is 5.32 Å². The predicted molar refractivity (Wildman–Crippen MR) is 88.9 cm³/mol. The minimum absolute atomic E-state index is 0.0285. The molecule has 1 atom stereocenters. The van der Waals surface area contributed by atoms with Crippen LogP contribution in [0.15, 0.2) is 18.2 Å². The third-order valence-corrected chi connectivity index (χ3v) is 4.37. The van der Waals surface area contributed by atoms with Gasteiger partial charge in [0.1, 0.15) is 6.61 Å². The van der Waals surface area contributed by atoms with Gasteiger partial charge in [-0.1, -0.05) is 23.8 Å². The molecule has 1 N–H and O–H groups in total. The highest BCUT2D eigenvalue weighted by Gasteiger charge is 2.28. The highest BCUT2D eigenvalue weighted by atomic mass is 16.5. The van der Waals surface area contributed by atoms with Gasteiger partial charge in [-0.3, -0.25) is 9.59 Å². The molecule has 5 nitrogen and oxygen atoms in total. The first-order valence-electron chi connectivity index (χ1n) is 8.12. The Balaban J connectivity index is 1.90. The zero-order valence-corrected chi connectivity index (χ0v) is 14.2. The smallest absolute Gasteiger partial charge is 0.248 e. The number of amides is 2. The van der Waals surface area contributed by atoms with Gasteiger partial charge < -0.3 is 15.0 Å². The average Bonchev–Trinajstić information content (AvgIpc) is 2.55. The fourth-order valence-corrected chi connectivity index (χ4v) is 2.95. The van der Waals surface area contributed by atoms with Gasteiger partial charge in [-0.25, -0.2) is 0 Å². The van der Waals surface area contributed by atoms with Crippen molar-refractivity contribution in [1.29, 1.82) is 0 Å². The van der Waals surface area contributed by atoms with Gasteiger partial charge in [-0.05, 0) is 37.8 Å². The normalized spacial score (nSPS) is 17.9. The topological polar surface area (TPSA) is 58.6 Å². The molecule has 0 aromatic heterocycles. The Kier molecular flexibility index (Phi) is 6.16. The minimum atomic E-state index is -0.130. The Hall–Kier alpha value is -1.88. The van der Waals surface area contributed by atoms with Crippen molar-refractivity contribution in [3.63, 3.8) is 0 Å². The van der Waals surface area contributed by atoms with Gasteiger partial charge in [0.25, 0.3) is 0 Å². The summed E-state index contributed by atoms with van der Waals surface area (Å²) in [7, 11) is 1.51. The second-order valence-electron chi connectivity index (χ2n) is 6.26. The van der Waals surface area contributed by atoms with Crippen LogP contribution in [0.2, 0.25) is 0 Å². The lowest BCUT2D eigenvalue weighted by Gasteiger charge is -2.32. The van der Waals surface area contributed by atoms with E-state index in [-0.39, 0.29) is 24.3 Å². The summed E-state index contributed by atoms with van der Waals surface area (Å²) in [6.45, 7) is 5.91. The van der Waals surface area contributed by atoms with Crippen LogP contribution in [0, 0.1) is 19.8 Å². The largest absolute Gasteiger partial charge is 0.375 e. The molecular formula is C18H26N2O3. The average molecular weight is 318 g/mol. The molecule has 1 aromatic carbocycles. The lowest BCUT2D eigenvalue weighted by atomic mass is 9.96. The molecule has 2 rings (SSSR count). The number of methoxy groups -OCH3 is 1. The van der Waals surface area contributed by atoms with Crippen molar-refractivity contribution in [1.82, 2.24) is 10.2 Å². The van der Waals surface area contributed by atoms with E-state index in [4.69, 9.17) is 4.74 Å². The van der Waals surface area contributed by atoms with Crippen LogP contribution in [0.5, 0.6) is 0 Å². The maximum absolute atomic E-state index is 12.4. The Morgan fingerprint density at radius 2 is 2.13 bits per heavy atom. The van der Waals surface area contributed by atoms with Crippen LogP contribution >= 0.6 is 0 Å². The summed E-state index contributed by atoms with van der Waals surface area (Å²) >= 11 is 0. The monoisotopic (exact) mass is 318 g/mol. The zero-order valence-electron chi connectivity index (χ0n) is 14.2. The van der Waals surface area contributed by atoms with Crippen LogP contribution in [0.1, 0.15) is 29.5 Å². The van der Waals surface area contributed by atoms with E-state index in [1.807, 2.05) is 13.8 Å². The highest BCUT2D eigenvalue weighted by Crippen LogP contribution is 2.17. The number of carbonyl (C=O) groups is 2. The summed E-state index contributed by atoms with van der Waals surface area (Å²) < 4.78 is 4.89. The number of nitrogens with zero attached hydrogens (tertiary/aromatic N) is 1. The van der Waals surface area contributed by atoms with E-state index < -0.39 is 0 Å². The molecule has 126 valence electrons. The SMILES string of the molecule is COCC(=O)N1CCCC(C(=O)NCc2cc(C)ccc2C)C1. The van der Waals surface area contributed by atoms with Gasteiger partial charge in [0.2, 0.25) is 11.8 Å². The number of piperidine rings is 1. The molecule has 0 aliphatic carbocycles. The van der Waals surface area contributed by atoms with Crippen molar-refractivity contribution in [2.24, 2.45) is 5.92 Å². The quantitative estimate of drug-likeness (QED) is 0.901. The van der Waals surface area contributed by atoms with Gasteiger partial charge in [0, 0.05) is 26.7 Å². The molecule has 0 saturated carbocycles. The van der Waals surface area contributed by atoms with E-state index in [2.05, 4.69) is 23.5 Å². The third kappa shape index (κ3) is 4.79. The second-order valence-corrected chi connectivity index (χ2v) is 6.26. The Labute approximate surface area is 138 Å². The predicted octanol–water partition coefficient (Wildman–Crippen LogP) is 1.80. The molecule has 1 heterocycles. The Morgan fingerprint density at radius 1 is 1.35 bits per heavy atom. The zero-order chi connectivity index (χ0) is 16.8. The summed E-state index contributed by atoms with van der Waals surface area (Å²) in [6, 6.07) is 6.24. The maximum atomic E-state index is 12.4. The molecule has 1 aliphatic heterocycles. The molecule has 1 unspecified atom stereocenters. The second kappa shape index (κ2) is 8.11. The first kappa shape index (κ1) is 17.5. The highest BCUT2D eigenvalue weighted by molar-refractivity contribution is 5.81. The molecular weight excluding hydrogens is 292 g/mol. The molecule has 1 aromatic rings. The molecule has 23 heavy (non-hydrogen) atoms. The molecule has 1 saturated heterocycles. The summed E-state index contributed by atoms with van der Waals surface area (Å²) in [5.41, 5.74) is 3.51. The van der Waals surface area contributed by atoms with E-state index in [0.29, 0.717) is 19.6 Å². The number of benzene rings is 1.